The van der Waals surface area contributed by atoms with Gasteiger partial charge in [-0.15, -0.1) is 0 Å². The first kappa shape index (κ1) is 16.1. The molecule has 0 aromatic carbocycles. The van der Waals surface area contributed by atoms with Gasteiger partial charge in [0.1, 0.15) is 11.4 Å². The second kappa shape index (κ2) is 6.98. The Hall–Kier alpha value is -1.98. The van der Waals surface area contributed by atoms with E-state index in [0.29, 0.717) is 23.9 Å². The van der Waals surface area contributed by atoms with E-state index in [9.17, 15) is 4.79 Å². The monoisotopic (exact) mass is 280 g/mol. The van der Waals surface area contributed by atoms with E-state index in [-0.39, 0.29) is 18.1 Å². The molecule has 0 aliphatic heterocycles. The molecule has 1 aromatic rings. The molecule has 0 aliphatic rings. The summed E-state index contributed by atoms with van der Waals surface area (Å²) in [5.41, 5.74) is 5.92. The Morgan fingerprint density at radius 2 is 2.10 bits per heavy atom. The molecule has 0 atom stereocenters. The molecule has 1 heterocycles. The normalized spacial score (nSPS) is 11.0. The fraction of sp³-hybridized carbons (Fsp3) is 0.571. The van der Waals surface area contributed by atoms with Gasteiger partial charge in [-0.3, -0.25) is 4.79 Å². The maximum absolute atomic E-state index is 11.5. The third-order valence-corrected chi connectivity index (χ3v) is 2.29. The van der Waals surface area contributed by atoms with Crippen LogP contribution in [0.4, 0.5) is 11.5 Å². The van der Waals surface area contributed by atoms with Gasteiger partial charge >= 0.3 is 0 Å². The fourth-order valence-electron chi connectivity index (χ4n) is 1.42. The summed E-state index contributed by atoms with van der Waals surface area (Å²) in [5, 5.41) is 5.73. The fourth-order valence-corrected chi connectivity index (χ4v) is 1.42. The van der Waals surface area contributed by atoms with Crippen molar-refractivity contribution in [3.63, 3.8) is 0 Å². The van der Waals surface area contributed by atoms with Crippen LogP contribution in [-0.4, -0.2) is 29.6 Å². The molecule has 0 spiro atoms. The Morgan fingerprint density at radius 1 is 1.40 bits per heavy atom. The van der Waals surface area contributed by atoms with Crippen molar-refractivity contribution in [1.82, 2.24) is 10.3 Å². The Balaban J connectivity index is 2.63. The standard InChI is InChI=1S/C14H24N4O2/c1-5-8-16-12(19)9-17-11-7-6-10(15)13(18-11)20-14(2,3)4/h6-7H,5,8-9,15H2,1-4H3,(H,16,19)(H,17,18). The lowest BCUT2D eigenvalue weighted by atomic mass is 10.2. The molecule has 112 valence electrons. The van der Waals surface area contributed by atoms with Crippen LogP contribution in [0.2, 0.25) is 0 Å². The lowest BCUT2D eigenvalue weighted by molar-refractivity contribution is -0.119. The summed E-state index contributed by atoms with van der Waals surface area (Å²) < 4.78 is 5.67. The molecular weight excluding hydrogens is 256 g/mol. The summed E-state index contributed by atoms with van der Waals surface area (Å²) >= 11 is 0. The van der Waals surface area contributed by atoms with Gasteiger partial charge in [-0.2, -0.15) is 4.98 Å². The van der Waals surface area contributed by atoms with Crippen molar-refractivity contribution in [2.45, 2.75) is 39.7 Å². The highest BCUT2D eigenvalue weighted by Crippen LogP contribution is 2.24. The van der Waals surface area contributed by atoms with Gasteiger partial charge in [-0.05, 0) is 39.3 Å². The van der Waals surface area contributed by atoms with Gasteiger partial charge in [0, 0.05) is 6.54 Å². The van der Waals surface area contributed by atoms with Gasteiger partial charge in [0.15, 0.2) is 0 Å². The van der Waals surface area contributed by atoms with Crippen molar-refractivity contribution in [1.29, 1.82) is 0 Å². The van der Waals surface area contributed by atoms with Crippen molar-refractivity contribution >= 4 is 17.4 Å². The number of rotatable bonds is 6. The topological polar surface area (TPSA) is 89.3 Å². The first-order chi connectivity index (χ1) is 9.31. The van der Waals surface area contributed by atoms with Crippen molar-refractivity contribution in [2.75, 3.05) is 24.1 Å². The quantitative estimate of drug-likeness (QED) is 0.739. The molecule has 4 N–H and O–H groups in total. The molecule has 6 heteroatoms. The largest absolute Gasteiger partial charge is 0.470 e. The van der Waals surface area contributed by atoms with E-state index >= 15 is 0 Å². The van der Waals surface area contributed by atoms with E-state index in [4.69, 9.17) is 10.5 Å². The van der Waals surface area contributed by atoms with Gasteiger partial charge in [0.2, 0.25) is 11.8 Å². The van der Waals surface area contributed by atoms with Crippen molar-refractivity contribution in [2.24, 2.45) is 0 Å². The van der Waals surface area contributed by atoms with E-state index in [1.54, 1.807) is 12.1 Å². The molecular formula is C14H24N4O2. The summed E-state index contributed by atoms with van der Waals surface area (Å²) in [7, 11) is 0. The smallest absolute Gasteiger partial charge is 0.239 e. The second-order valence-electron chi connectivity index (χ2n) is 5.51. The molecule has 0 radical (unpaired) electrons. The van der Waals surface area contributed by atoms with Crippen LogP contribution in [0.3, 0.4) is 0 Å². The number of anilines is 2. The van der Waals surface area contributed by atoms with E-state index in [0.717, 1.165) is 6.42 Å². The number of aromatic nitrogens is 1. The van der Waals surface area contributed by atoms with Crippen LogP contribution in [0, 0.1) is 0 Å². The lowest BCUT2D eigenvalue weighted by Crippen LogP contribution is -2.30. The number of carbonyl (C=O) groups is 1. The number of nitrogen functional groups attached to an aromatic ring is 1. The molecule has 0 aliphatic carbocycles. The molecule has 20 heavy (non-hydrogen) atoms. The predicted molar refractivity (Wildman–Crippen MR) is 80.8 cm³/mol. The van der Waals surface area contributed by atoms with Crippen LogP contribution in [0.1, 0.15) is 34.1 Å². The molecule has 0 fully saturated rings. The number of amides is 1. The average molecular weight is 280 g/mol. The molecule has 6 nitrogen and oxygen atoms in total. The zero-order chi connectivity index (χ0) is 15.2. The Labute approximate surface area is 120 Å². The van der Waals surface area contributed by atoms with Crippen molar-refractivity contribution in [3.8, 4) is 5.88 Å². The third-order valence-electron chi connectivity index (χ3n) is 2.29. The number of hydrogen-bond donors (Lipinski definition) is 3. The summed E-state index contributed by atoms with van der Waals surface area (Å²) in [4.78, 5) is 15.8. The van der Waals surface area contributed by atoms with E-state index in [2.05, 4.69) is 15.6 Å². The minimum absolute atomic E-state index is 0.0660. The van der Waals surface area contributed by atoms with Crippen molar-refractivity contribution in [3.05, 3.63) is 12.1 Å². The summed E-state index contributed by atoms with van der Waals surface area (Å²) in [6.45, 7) is 8.62. The minimum Gasteiger partial charge on any atom is -0.470 e. The van der Waals surface area contributed by atoms with Gasteiger partial charge in [0.25, 0.3) is 0 Å². The van der Waals surface area contributed by atoms with Crippen molar-refractivity contribution < 1.29 is 9.53 Å². The molecule has 1 amide bonds. The molecule has 1 aromatic heterocycles. The van der Waals surface area contributed by atoms with Gasteiger partial charge in [0.05, 0.1) is 12.2 Å². The van der Waals surface area contributed by atoms with E-state index in [1.165, 1.54) is 0 Å². The minimum atomic E-state index is -0.377. The third kappa shape index (κ3) is 5.77. The summed E-state index contributed by atoms with van der Waals surface area (Å²) in [5.74, 6) is 0.866. The van der Waals surface area contributed by atoms with Crippen LogP contribution < -0.4 is 21.1 Å². The maximum Gasteiger partial charge on any atom is 0.239 e. The Morgan fingerprint density at radius 3 is 2.70 bits per heavy atom. The number of carbonyl (C=O) groups excluding carboxylic acids is 1. The Bertz CT molecular complexity index is 455. The second-order valence-corrected chi connectivity index (χ2v) is 5.51. The number of hydrogen-bond acceptors (Lipinski definition) is 5. The number of nitrogens with two attached hydrogens (primary N) is 1. The highest BCUT2D eigenvalue weighted by molar-refractivity contribution is 5.80. The highest BCUT2D eigenvalue weighted by atomic mass is 16.5. The zero-order valence-electron chi connectivity index (χ0n) is 12.6. The Kier molecular flexibility index (Phi) is 5.61. The predicted octanol–water partition coefficient (Wildman–Crippen LogP) is 1.78. The van der Waals surface area contributed by atoms with Crippen LogP contribution >= 0.6 is 0 Å². The van der Waals surface area contributed by atoms with Crippen LogP contribution in [0.25, 0.3) is 0 Å². The highest BCUT2D eigenvalue weighted by Gasteiger charge is 2.15. The molecule has 0 bridgehead atoms. The number of pyridine rings is 1. The lowest BCUT2D eigenvalue weighted by Gasteiger charge is -2.21. The number of nitrogens with one attached hydrogen (secondary N) is 2. The maximum atomic E-state index is 11.5. The molecule has 1 rings (SSSR count). The van der Waals surface area contributed by atoms with Crippen LogP contribution in [0.5, 0.6) is 5.88 Å². The molecule has 0 unspecified atom stereocenters. The summed E-state index contributed by atoms with van der Waals surface area (Å²) in [6, 6.07) is 3.43. The average Bonchev–Trinajstić information content (AvgIpc) is 2.35. The number of ether oxygens (including phenoxy) is 1. The van der Waals surface area contributed by atoms with E-state index in [1.807, 2.05) is 27.7 Å². The van der Waals surface area contributed by atoms with E-state index < -0.39 is 0 Å². The molecule has 0 saturated heterocycles. The first-order valence-corrected chi connectivity index (χ1v) is 6.78. The summed E-state index contributed by atoms with van der Waals surface area (Å²) in [6.07, 6.45) is 0.912. The van der Waals surface area contributed by atoms with Gasteiger partial charge in [-0.1, -0.05) is 6.92 Å². The van der Waals surface area contributed by atoms with Gasteiger partial charge in [-0.25, -0.2) is 0 Å². The first-order valence-electron chi connectivity index (χ1n) is 6.78. The van der Waals surface area contributed by atoms with Gasteiger partial charge < -0.3 is 21.1 Å². The van der Waals surface area contributed by atoms with Crippen LogP contribution in [-0.2, 0) is 4.79 Å². The SMILES string of the molecule is CCCNC(=O)CNc1ccc(N)c(OC(C)(C)C)n1. The van der Waals surface area contributed by atoms with Crippen LogP contribution in [0.15, 0.2) is 12.1 Å². The number of nitrogens with zero attached hydrogens (tertiary/aromatic N) is 1. The molecule has 0 saturated carbocycles. The zero-order valence-corrected chi connectivity index (χ0v) is 12.6.